The number of imide groups is 1. The average Bonchev–Trinajstić information content (AvgIpc) is 3.62. The molecule has 2 amide bonds. The summed E-state index contributed by atoms with van der Waals surface area (Å²) < 4.78 is 1.81. The van der Waals surface area contributed by atoms with Crippen molar-refractivity contribution in [3.05, 3.63) is 80.8 Å². The smallest absolute Gasteiger partial charge is 0.312 e. The Morgan fingerprint density at radius 2 is 1.57 bits per heavy atom. The van der Waals surface area contributed by atoms with Crippen molar-refractivity contribution < 1.29 is 19.5 Å². The molecule has 3 heterocycles. The monoisotopic (exact) mass is 532 g/mol. The summed E-state index contributed by atoms with van der Waals surface area (Å²) in [6.07, 6.45) is 0.580. The Hall–Kier alpha value is -3.17. The van der Waals surface area contributed by atoms with Crippen LogP contribution in [0.1, 0.15) is 29.2 Å². The van der Waals surface area contributed by atoms with Gasteiger partial charge in [0.05, 0.1) is 29.0 Å². The molecule has 37 heavy (non-hydrogen) atoms. The Kier molecular flexibility index (Phi) is 5.23. The van der Waals surface area contributed by atoms with Gasteiger partial charge >= 0.3 is 10.8 Å². The molecule has 7 nitrogen and oxygen atoms in total. The van der Waals surface area contributed by atoms with Crippen LogP contribution in [-0.4, -0.2) is 44.2 Å². The number of thiazole rings is 1. The number of carboxylic acid groups (broad SMARTS) is 1. The van der Waals surface area contributed by atoms with Crippen molar-refractivity contribution in [2.45, 2.75) is 29.0 Å². The molecule has 1 N–H and O–H groups in total. The fraction of sp³-hybridized carbons (Fsp3) is 0.357. The molecule has 2 saturated carbocycles. The molecule has 0 spiro atoms. The van der Waals surface area contributed by atoms with Crippen LogP contribution in [0.15, 0.2) is 70.5 Å². The van der Waals surface area contributed by atoms with Crippen molar-refractivity contribution >= 4 is 40.9 Å². The number of para-hydroxylation sites is 1. The van der Waals surface area contributed by atoms with E-state index >= 15 is 0 Å². The summed E-state index contributed by atoms with van der Waals surface area (Å²) in [5.74, 6) is -2.08. The van der Waals surface area contributed by atoms with Crippen LogP contribution in [0.5, 0.6) is 0 Å². The van der Waals surface area contributed by atoms with Crippen molar-refractivity contribution in [2.24, 2.45) is 29.6 Å². The summed E-state index contributed by atoms with van der Waals surface area (Å²) >= 11 is 2.99. The Morgan fingerprint density at radius 3 is 2.24 bits per heavy atom. The number of aromatic nitrogens is 1. The van der Waals surface area contributed by atoms with E-state index in [0.717, 1.165) is 27.6 Å². The summed E-state index contributed by atoms with van der Waals surface area (Å²) in [5.41, 5.74) is 1.96. The molecule has 2 aliphatic carbocycles. The second kappa shape index (κ2) is 8.43. The van der Waals surface area contributed by atoms with E-state index in [0.29, 0.717) is 0 Å². The third-order valence-electron chi connectivity index (χ3n) is 8.68. The molecule has 1 aromatic heterocycles. The van der Waals surface area contributed by atoms with Crippen LogP contribution in [0.4, 0.5) is 0 Å². The summed E-state index contributed by atoms with van der Waals surface area (Å²) in [6, 6.07) is 19.9. The number of thioether (sulfide) groups is 1. The van der Waals surface area contributed by atoms with Gasteiger partial charge in [0.25, 0.3) is 0 Å². The quantitative estimate of drug-likeness (QED) is 0.502. The van der Waals surface area contributed by atoms with Crippen molar-refractivity contribution in [3.8, 4) is 5.69 Å². The average molecular weight is 533 g/mol. The van der Waals surface area contributed by atoms with Crippen molar-refractivity contribution in [3.63, 3.8) is 0 Å². The maximum absolute atomic E-state index is 13.5. The molecule has 0 radical (unpaired) electrons. The molecular weight excluding hydrogens is 508 g/mol. The third-order valence-corrected chi connectivity index (χ3v) is 11.4. The van der Waals surface area contributed by atoms with Crippen LogP contribution >= 0.6 is 23.1 Å². The van der Waals surface area contributed by atoms with Crippen LogP contribution in [0.3, 0.4) is 0 Å². The lowest BCUT2D eigenvalue weighted by molar-refractivity contribution is -0.142. The normalized spacial score (nSPS) is 31.4. The van der Waals surface area contributed by atoms with Crippen LogP contribution < -0.4 is 4.87 Å². The van der Waals surface area contributed by atoms with Gasteiger partial charge in [0.15, 0.2) is 0 Å². The highest BCUT2D eigenvalue weighted by Crippen LogP contribution is 2.68. The molecule has 1 saturated heterocycles. The van der Waals surface area contributed by atoms with Gasteiger partial charge in [-0.3, -0.25) is 28.6 Å². The molecule has 2 aromatic carbocycles. The molecule has 3 aromatic rings. The fourth-order valence-corrected chi connectivity index (χ4v) is 10.6. The molecular formula is C28H24N2O5S2. The summed E-state index contributed by atoms with van der Waals surface area (Å²) in [5, 5.41) is 10.2. The number of amides is 2. The van der Waals surface area contributed by atoms with E-state index in [9.17, 15) is 19.2 Å². The Balaban J connectivity index is 1.35. The number of carbonyl (C=O) groups is 3. The molecule has 7 rings (SSSR count). The summed E-state index contributed by atoms with van der Waals surface area (Å²) in [7, 11) is 0. The predicted molar refractivity (Wildman–Crippen MR) is 139 cm³/mol. The van der Waals surface area contributed by atoms with Gasteiger partial charge in [0, 0.05) is 22.6 Å². The standard InChI is InChI=1S/C28H24N2O5S2/c31-18(32)11-12-29-25(33)21-16-13-17(22(21)26(29)34)23-20(16)19(14-7-3-1-4-8-14)24-27(36-23)30(28(35)37-24)15-9-5-2-6-10-15/h1-10,16-17,19-23H,11-13H2,(H,31,32)/t16-,17+,19-,20+,21+,22-,23-/m1/s1. The minimum Gasteiger partial charge on any atom is -0.481 e. The molecule has 9 heteroatoms. The SMILES string of the molecule is O=C(O)CCN1C(=O)[C@@H]2[C@@H]3C[C@@H]([C@@H]2C1=O)[C@H]1[C@@H](c2ccccc2)c2sc(=O)n(-c4ccccc4)c2S[C@H]31. The minimum absolute atomic E-state index is 0.0230. The van der Waals surface area contributed by atoms with E-state index in [1.165, 1.54) is 16.2 Å². The number of nitrogens with zero attached hydrogens (tertiary/aromatic N) is 2. The zero-order valence-electron chi connectivity index (χ0n) is 19.7. The first-order valence-electron chi connectivity index (χ1n) is 12.6. The molecule has 7 atom stereocenters. The number of hydrogen-bond acceptors (Lipinski definition) is 6. The second-order valence-corrected chi connectivity index (χ2v) is 12.5. The van der Waals surface area contributed by atoms with E-state index in [2.05, 4.69) is 12.1 Å². The number of benzene rings is 2. The van der Waals surface area contributed by atoms with Gasteiger partial charge in [-0.25, -0.2) is 0 Å². The van der Waals surface area contributed by atoms with Crippen molar-refractivity contribution in [1.29, 1.82) is 0 Å². The van der Waals surface area contributed by atoms with Crippen LogP contribution in [0.2, 0.25) is 0 Å². The lowest BCUT2D eigenvalue weighted by Crippen LogP contribution is -2.43. The molecule has 0 unspecified atom stereocenters. The predicted octanol–water partition coefficient (Wildman–Crippen LogP) is 3.85. The van der Waals surface area contributed by atoms with Crippen molar-refractivity contribution in [2.75, 3.05) is 6.54 Å². The summed E-state index contributed by atoms with van der Waals surface area (Å²) in [4.78, 5) is 53.6. The number of carbonyl (C=O) groups excluding carboxylic acids is 2. The number of hydrogen-bond donors (Lipinski definition) is 1. The van der Waals surface area contributed by atoms with E-state index in [1.54, 1.807) is 16.3 Å². The van der Waals surface area contributed by atoms with Gasteiger partial charge in [-0.05, 0) is 41.9 Å². The zero-order valence-corrected chi connectivity index (χ0v) is 21.4. The highest BCUT2D eigenvalue weighted by molar-refractivity contribution is 8.00. The second-order valence-electron chi connectivity index (χ2n) is 10.3. The highest BCUT2D eigenvalue weighted by atomic mass is 32.2. The molecule has 188 valence electrons. The molecule has 3 fully saturated rings. The topological polar surface area (TPSA) is 96.7 Å². The zero-order chi connectivity index (χ0) is 25.4. The van der Waals surface area contributed by atoms with Gasteiger partial charge < -0.3 is 5.11 Å². The minimum atomic E-state index is -1.02. The van der Waals surface area contributed by atoms with E-state index in [1.807, 2.05) is 48.5 Å². The first-order valence-corrected chi connectivity index (χ1v) is 14.2. The largest absolute Gasteiger partial charge is 0.481 e. The number of fused-ring (bicyclic) bond motifs is 9. The lowest BCUT2D eigenvalue weighted by Gasteiger charge is -2.43. The van der Waals surface area contributed by atoms with E-state index < -0.39 is 17.8 Å². The van der Waals surface area contributed by atoms with Gasteiger partial charge in [0.1, 0.15) is 0 Å². The first-order chi connectivity index (χ1) is 18.0. The van der Waals surface area contributed by atoms with Crippen LogP contribution in [-0.2, 0) is 14.4 Å². The Morgan fingerprint density at radius 1 is 0.919 bits per heavy atom. The molecule has 2 bridgehead atoms. The number of likely N-dealkylation sites (tertiary alicyclic amines) is 1. The van der Waals surface area contributed by atoms with E-state index in [4.69, 9.17) is 5.11 Å². The molecule has 4 aliphatic rings. The Bertz CT molecular complexity index is 1480. The fourth-order valence-electron chi connectivity index (χ4n) is 7.40. The number of carboxylic acids is 1. The molecule has 2 aliphatic heterocycles. The highest BCUT2D eigenvalue weighted by Gasteiger charge is 2.69. The lowest BCUT2D eigenvalue weighted by atomic mass is 9.68. The first kappa shape index (κ1) is 23.0. The van der Waals surface area contributed by atoms with Gasteiger partial charge in [-0.1, -0.05) is 59.9 Å². The maximum atomic E-state index is 13.5. The van der Waals surface area contributed by atoms with Crippen LogP contribution in [0.25, 0.3) is 5.69 Å². The third kappa shape index (κ3) is 3.26. The Labute approximate surface area is 221 Å². The maximum Gasteiger partial charge on any atom is 0.312 e. The van der Waals surface area contributed by atoms with Gasteiger partial charge in [0.2, 0.25) is 11.8 Å². The van der Waals surface area contributed by atoms with Gasteiger partial charge in [-0.15, -0.1) is 11.8 Å². The number of aliphatic carboxylic acids is 1. The van der Waals surface area contributed by atoms with Crippen molar-refractivity contribution in [1.82, 2.24) is 9.47 Å². The number of rotatable bonds is 5. The summed E-state index contributed by atoms with van der Waals surface area (Å²) in [6.45, 7) is -0.0646. The van der Waals surface area contributed by atoms with Gasteiger partial charge in [-0.2, -0.15) is 0 Å². The van der Waals surface area contributed by atoms with Crippen LogP contribution in [0, 0.1) is 29.6 Å². The van der Waals surface area contributed by atoms with E-state index in [-0.39, 0.29) is 58.6 Å².